The Hall–Kier alpha value is -1.47. The number of aromatic nitrogens is 1. The lowest BCUT2D eigenvalue weighted by molar-refractivity contribution is -0.118. The zero-order chi connectivity index (χ0) is 12.1. The first-order valence-corrected chi connectivity index (χ1v) is 5.64. The summed E-state index contributed by atoms with van der Waals surface area (Å²) < 4.78 is 0. The van der Waals surface area contributed by atoms with Gasteiger partial charge in [0.05, 0.1) is 0 Å². The number of rotatable bonds is 5. The number of amides is 2. The molecule has 1 aromatic heterocycles. The lowest BCUT2D eigenvalue weighted by atomic mass is 10.2. The summed E-state index contributed by atoms with van der Waals surface area (Å²) in [5, 5.41) is 4.96. The summed E-state index contributed by atoms with van der Waals surface area (Å²) in [6.07, 6.45) is 0.111. The van der Waals surface area contributed by atoms with Crippen LogP contribution in [0.4, 0.5) is 0 Å². The highest BCUT2D eigenvalue weighted by atomic mass is 32.1. The Balaban J connectivity index is 2.54. The molecule has 7 heteroatoms. The van der Waals surface area contributed by atoms with Crippen molar-refractivity contribution in [3.63, 3.8) is 0 Å². The Morgan fingerprint density at radius 1 is 1.62 bits per heavy atom. The number of carbonyl (C=O) groups excluding carboxylic acids is 2. The molecule has 5 N–H and O–H groups in total. The van der Waals surface area contributed by atoms with Crippen molar-refractivity contribution in [2.24, 2.45) is 11.5 Å². The predicted molar refractivity (Wildman–Crippen MR) is 60.7 cm³/mol. The number of hydrogen-bond donors (Lipinski definition) is 3. The molecular formula is C9H14N4O2S. The van der Waals surface area contributed by atoms with Gasteiger partial charge in [-0.05, 0) is 6.92 Å². The van der Waals surface area contributed by atoms with E-state index in [2.05, 4.69) is 10.3 Å². The molecule has 16 heavy (non-hydrogen) atoms. The fourth-order valence-electron chi connectivity index (χ4n) is 1.16. The van der Waals surface area contributed by atoms with E-state index in [1.165, 1.54) is 11.3 Å². The van der Waals surface area contributed by atoms with Crippen LogP contribution in [0, 0.1) is 0 Å². The van der Waals surface area contributed by atoms with Gasteiger partial charge in [-0.15, -0.1) is 11.3 Å². The molecule has 0 spiro atoms. The first-order valence-electron chi connectivity index (χ1n) is 4.76. The second kappa shape index (κ2) is 5.57. The maximum Gasteiger partial charge on any atom is 0.270 e. The molecule has 1 rings (SSSR count). The van der Waals surface area contributed by atoms with Gasteiger partial charge in [0, 0.05) is 24.4 Å². The lowest BCUT2D eigenvalue weighted by Gasteiger charge is -2.10. The summed E-state index contributed by atoms with van der Waals surface area (Å²) >= 11 is 1.33. The number of hydrogen-bond acceptors (Lipinski definition) is 5. The first kappa shape index (κ1) is 12.6. The number of primary amides is 1. The van der Waals surface area contributed by atoms with Gasteiger partial charge in [-0.1, -0.05) is 0 Å². The summed E-state index contributed by atoms with van der Waals surface area (Å²) in [5.41, 5.74) is 10.7. The fraction of sp³-hybridized carbons (Fsp3) is 0.444. The molecule has 88 valence electrons. The van der Waals surface area contributed by atoms with Gasteiger partial charge in [0.25, 0.3) is 5.91 Å². The van der Waals surface area contributed by atoms with Crippen LogP contribution in [-0.2, 0) is 11.3 Å². The van der Waals surface area contributed by atoms with E-state index in [9.17, 15) is 9.59 Å². The van der Waals surface area contributed by atoms with E-state index in [0.717, 1.165) is 0 Å². The maximum atomic E-state index is 11.6. The molecule has 0 aliphatic rings. The molecule has 0 bridgehead atoms. The molecule has 0 saturated heterocycles. The summed E-state index contributed by atoms with van der Waals surface area (Å²) in [4.78, 5) is 26.3. The molecule has 1 heterocycles. The minimum Gasteiger partial charge on any atom is -0.370 e. The second-order valence-electron chi connectivity index (χ2n) is 3.38. The van der Waals surface area contributed by atoms with Gasteiger partial charge in [-0.2, -0.15) is 0 Å². The molecule has 2 amide bonds. The van der Waals surface area contributed by atoms with Gasteiger partial charge in [-0.25, -0.2) is 4.98 Å². The van der Waals surface area contributed by atoms with Crippen LogP contribution < -0.4 is 16.8 Å². The number of nitrogens with two attached hydrogens (primary N) is 2. The van der Waals surface area contributed by atoms with E-state index in [-0.39, 0.29) is 18.4 Å². The van der Waals surface area contributed by atoms with E-state index in [1.54, 1.807) is 12.3 Å². The van der Waals surface area contributed by atoms with E-state index >= 15 is 0 Å². The largest absolute Gasteiger partial charge is 0.370 e. The molecule has 1 atom stereocenters. The topological polar surface area (TPSA) is 111 Å². The Morgan fingerprint density at radius 3 is 2.81 bits per heavy atom. The number of carbonyl (C=O) groups is 2. The third-order valence-corrected chi connectivity index (χ3v) is 2.72. The summed E-state index contributed by atoms with van der Waals surface area (Å²) in [5.74, 6) is -0.765. The van der Waals surface area contributed by atoms with Gasteiger partial charge in [0.15, 0.2) is 0 Å². The number of nitrogens with one attached hydrogen (secondary N) is 1. The first-order chi connectivity index (χ1) is 7.52. The zero-order valence-electron chi connectivity index (χ0n) is 8.90. The zero-order valence-corrected chi connectivity index (χ0v) is 9.71. The van der Waals surface area contributed by atoms with Crippen LogP contribution in [-0.4, -0.2) is 22.8 Å². The summed E-state index contributed by atoms with van der Waals surface area (Å²) in [7, 11) is 0. The van der Waals surface area contributed by atoms with Crippen LogP contribution in [0.25, 0.3) is 0 Å². The van der Waals surface area contributed by atoms with Gasteiger partial charge in [-0.3, -0.25) is 9.59 Å². The average Bonchev–Trinajstić information content (AvgIpc) is 2.64. The van der Waals surface area contributed by atoms with Crippen LogP contribution in [0.5, 0.6) is 0 Å². The van der Waals surface area contributed by atoms with Gasteiger partial charge in [0.2, 0.25) is 5.91 Å². The third-order valence-electron chi connectivity index (χ3n) is 1.84. The molecule has 1 aromatic rings. The third kappa shape index (κ3) is 3.59. The average molecular weight is 242 g/mol. The molecule has 0 aromatic carbocycles. The van der Waals surface area contributed by atoms with Crippen molar-refractivity contribution in [1.29, 1.82) is 0 Å². The van der Waals surface area contributed by atoms with Crippen LogP contribution in [0.3, 0.4) is 0 Å². The number of thiazole rings is 1. The summed E-state index contributed by atoms with van der Waals surface area (Å²) in [6, 6.07) is -0.298. The Labute approximate surface area is 97.0 Å². The van der Waals surface area contributed by atoms with Crippen LogP contribution in [0.2, 0.25) is 0 Å². The van der Waals surface area contributed by atoms with E-state index in [1.807, 2.05) is 0 Å². The van der Waals surface area contributed by atoms with Crippen LogP contribution in [0.1, 0.15) is 28.8 Å². The fourth-order valence-corrected chi connectivity index (χ4v) is 1.81. The molecule has 1 unspecified atom stereocenters. The van der Waals surface area contributed by atoms with Gasteiger partial charge < -0.3 is 16.8 Å². The Bertz CT molecular complexity index is 391. The normalized spacial score (nSPS) is 12.1. The minimum atomic E-state index is -0.450. The van der Waals surface area contributed by atoms with Crippen molar-refractivity contribution in [1.82, 2.24) is 10.3 Å². The van der Waals surface area contributed by atoms with Gasteiger partial charge >= 0.3 is 0 Å². The Morgan fingerprint density at radius 2 is 2.31 bits per heavy atom. The highest BCUT2D eigenvalue weighted by Gasteiger charge is 2.14. The second-order valence-corrected chi connectivity index (χ2v) is 4.32. The van der Waals surface area contributed by atoms with Crippen molar-refractivity contribution >= 4 is 23.2 Å². The molecule has 0 aliphatic heterocycles. The highest BCUT2D eigenvalue weighted by Crippen LogP contribution is 2.08. The van der Waals surface area contributed by atoms with Crippen LogP contribution >= 0.6 is 11.3 Å². The van der Waals surface area contributed by atoms with Crippen molar-refractivity contribution in [3.8, 4) is 0 Å². The molecular weight excluding hydrogens is 228 g/mol. The van der Waals surface area contributed by atoms with Gasteiger partial charge in [0.1, 0.15) is 10.7 Å². The Kier molecular flexibility index (Phi) is 4.39. The minimum absolute atomic E-state index is 0.111. The van der Waals surface area contributed by atoms with Crippen molar-refractivity contribution in [2.45, 2.75) is 25.9 Å². The predicted octanol–water partition coefficient (Wildman–Crippen LogP) is -0.404. The molecule has 0 fully saturated rings. The summed E-state index contributed by atoms with van der Waals surface area (Å²) in [6.45, 7) is 2.02. The molecule has 0 saturated carbocycles. The SMILES string of the molecule is CC(CC(N)=O)NC(=O)c1csc(CN)n1. The number of nitrogens with zero attached hydrogens (tertiary/aromatic N) is 1. The van der Waals surface area contributed by atoms with Crippen molar-refractivity contribution in [3.05, 3.63) is 16.1 Å². The quantitative estimate of drug-likeness (QED) is 0.652. The molecule has 0 aliphatic carbocycles. The smallest absolute Gasteiger partial charge is 0.270 e. The van der Waals surface area contributed by atoms with E-state index < -0.39 is 5.91 Å². The monoisotopic (exact) mass is 242 g/mol. The van der Waals surface area contributed by atoms with Crippen molar-refractivity contribution in [2.75, 3.05) is 0 Å². The van der Waals surface area contributed by atoms with Crippen LogP contribution in [0.15, 0.2) is 5.38 Å². The lowest BCUT2D eigenvalue weighted by Crippen LogP contribution is -2.35. The standard InChI is InChI=1S/C9H14N4O2S/c1-5(2-7(11)14)12-9(15)6-4-16-8(3-10)13-6/h4-5H,2-3,10H2,1H3,(H2,11,14)(H,12,15). The molecule has 0 radical (unpaired) electrons. The highest BCUT2D eigenvalue weighted by molar-refractivity contribution is 7.09. The van der Waals surface area contributed by atoms with E-state index in [4.69, 9.17) is 11.5 Å². The maximum absolute atomic E-state index is 11.6. The van der Waals surface area contributed by atoms with Crippen molar-refractivity contribution < 1.29 is 9.59 Å². The van der Waals surface area contributed by atoms with E-state index in [0.29, 0.717) is 17.2 Å². The molecule has 6 nitrogen and oxygen atoms in total.